The summed E-state index contributed by atoms with van der Waals surface area (Å²) in [5.74, 6) is 0. The van der Waals surface area contributed by atoms with Gasteiger partial charge in [0.15, 0.2) is 0 Å². The predicted molar refractivity (Wildman–Crippen MR) is 45.0 cm³/mol. The zero-order chi connectivity index (χ0) is 3.58. The van der Waals surface area contributed by atoms with Gasteiger partial charge in [0.25, 0.3) is 0 Å². The molecule has 0 heterocycles. The summed E-state index contributed by atoms with van der Waals surface area (Å²) in [6, 6.07) is 0. The van der Waals surface area contributed by atoms with Crippen LogP contribution in [0.4, 0.5) is 0 Å². The summed E-state index contributed by atoms with van der Waals surface area (Å²) >= 11 is 0. The normalized spacial score (nSPS) is 1.85. The molecule has 0 aliphatic carbocycles. The van der Waals surface area contributed by atoms with Crippen molar-refractivity contribution >= 4 is 37.7 Å². The average Bonchev–Trinajstić information content (AvgIpc) is 0.811. The van der Waals surface area contributed by atoms with Crippen LogP contribution in [0.15, 0.2) is 0 Å². The summed E-state index contributed by atoms with van der Waals surface area (Å²) in [6.45, 7) is 0. The molecule has 0 saturated carbocycles. The number of rotatable bonds is 0. The van der Waals surface area contributed by atoms with E-state index >= 15 is 0 Å². The maximum atomic E-state index is 8.25. The zero-order valence-electron chi connectivity index (χ0n) is 6.38. The molecular formula is H16CaNO11+. The van der Waals surface area contributed by atoms with E-state index in [1.807, 2.05) is 0 Å². The van der Waals surface area contributed by atoms with E-state index in [1.165, 1.54) is 0 Å². The molecule has 0 spiro atoms. The summed E-state index contributed by atoms with van der Waals surface area (Å²) < 4.78 is 0. The van der Waals surface area contributed by atoms with Crippen LogP contribution in [0, 0.1) is 15.3 Å². The maximum absolute atomic E-state index is 8.25. The van der Waals surface area contributed by atoms with Crippen LogP contribution in [0.1, 0.15) is 0 Å². The van der Waals surface area contributed by atoms with Gasteiger partial charge < -0.3 is 59.1 Å². The van der Waals surface area contributed by atoms with Gasteiger partial charge in [-0.25, -0.2) is 0 Å². The van der Waals surface area contributed by atoms with Gasteiger partial charge in [0.05, 0.1) is 5.09 Å². The molecule has 0 aliphatic heterocycles. The molecule has 16 N–H and O–H groups in total. The topological polar surface area (TPSA) is 318 Å². The van der Waals surface area contributed by atoms with Gasteiger partial charge in [0, 0.05) is 0 Å². The first-order chi connectivity index (χ1) is 1.73. The van der Waals surface area contributed by atoms with E-state index < -0.39 is 5.09 Å². The van der Waals surface area contributed by atoms with Gasteiger partial charge in [-0.3, -0.25) is 0 Å². The molecule has 0 aromatic carbocycles. The first-order valence-electron chi connectivity index (χ1n) is 0.548. The Kier molecular flexibility index (Phi) is 2310. The molecule has 0 aromatic rings. The van der Waals surface area contributed by atoms with Crippen LogP contribution >= 0.6 is 0 Å². The molecule has 0 atom stereocenters. The van der Waals surface area contributed by atoms with Gasteiger partial charge in [-0.1, -0.05) is 0 Å². The first-order valence-corrected chi connectivity index (χ1v) is 0.548. The average molecular weight is 246 g/mol. The van der Waals surface area contributed by atoms with E-state index in [4.69, 9.17) is 15.3 Å². The Morgan fingerprint density at radius 1 is 0.615 bits per heavy atom. The molecule has 0 unspecified atom stereocenters. The van der Waals surface area contributed by atoms with E-state index in [9.17, 15) is 0 Å². The Bertz CT molecular complexity index is 33.1. The number of nitrogens with zero attached hydrogens (tertiary/aromatic N) is 1. The van der Waals surface area contributed by atoms with Crippen molar-refractivity contribution < 1.29 is 48.9 Å². The summed E-state index contributed by atoms with van der Waals surface area (Å²) in [5.41, 5.74) is 0. The third-order valence-electron chi connectivity index (χ3n) is 0. The van der Waals surface area contributed by atoms with Gasteiger partial charge in [-0.2, -0.15) is 0 Å². The molecule has 13 heteroatoms. The maximum Gasteiger partial charge on any atom is 2.00 e. The smallest absolute Gasteiger partial charge is 0.412 e. The summed E-state index contributed by atoms with van der Waals surface area (Å²) in [5, 5.41) is 14.8. The monoisotopic (exact) mass is 246 g/mol. The molecule has 0 aliphatic rings. The standard InChI is InChI=1S/Ca.NO3.8H2O/c;2-1(3)4;;;;;;;;/h;;8*1H2/q+2;-1;;;;;;;;. The minimum Gasteiger partial charge on any atom is -0.412 e. The largest absolute Gasteiger partial charge is 2.00 e. The fraction of sp³-hybridized carbons (Fsp3) is 0. The Morgan fingerprint density at radius 2 is 0.615 bits per heavy atom. The second-order valence-corrected chi connectivity index (χ2v) is 0.224. The molecule has 13 heavy (non-hydrogen) atoms. The van der Waals surface area contributed by atoms with E-state index in [2.05, 4.69) is 0 Å². The Labute approximate surface area is 102 Å². The first kappa shape index (κ1) is 196. The predicted octanol–water partition coefficient (Wildman–Crippen LogP) is -7.22. The third-order valence-corrected chi connectivity index (χ3v) is 0. The molecule has 0 fully saturated rings. The molecular weight excluding hydrogens is 230 g/mol. The van der Waals surface area contributed by atoms with Crippen LogP contribution in [-0.4, -0.2) is 86.6 Å². The molecule has 12 nitrogen and oxygen atoms in total. The number of hydrogen-bond donors (Lipinski definition) is 0. The van der Waals surface area contributed by atoms with Gasteiger partial charge in [-0.05, 0) is 0 Å². The van der Waals surface area contributed by atoms with Gasteiger partial charge >= 0.3 is 37.7 Å². The number of hydrogen-bond acceptors (Lipinski definition) is 3. The van der Waals surface area contributed by atoms with Crippen molar-refractivity contribution in [2.45, 2.75) is 0 Å². The van der Waals surface area contributed by atoms with Gasteiger partial charge in [-0.15, -0.1) is 0 Å². The second kappa shape index (κ2) is 153. The van der Waals surface area contributed by atoms with Crippen molar-refractivity contribution in [2.75, 3.05) is 0 Å². The van der Waals surface area contributed by atoms with Crippen LogP contribution in [0.3, 0.4) is 0 Å². The molecule has 0 rings (SSSR count). The molecule has 0 radical (unpaired) electrons. The Hall–Kier alpha value is 0.140. The molecule has 0 saturated heterocycles. The van der Waals surface area contributed by atoms with Crippen molar-refractivity contribution in [3.8, 4) is 0 Å². The van der Waals surface area contributed by atoms with Crippen molar-refractivity contribution in [3.63, 3.8) is 0 Å². The van der Waals surface area contributed by atoms with Crippen molar-refractivity contribution in [1.82, 2.24) is 0 Å². The molecule has 0 bridgehead atoms. The summed E-state index contributed by atoms with van der Waals surface area (Å²) in [7, 11) is 0. The molecule has 88 valence electrons. The Morgan fingerprint density at radius 3 is 0.615 bits per heavy atom. The van der Waals surface area contributed by atoms with E-state index in [1.54, 1.807) is 0 Å². The SMILES string of the molecule is O.O.O.O.O.O.O.O.O=[N+]([O-])[O-].[Ca+2]. The van der Waals surface area contributed by atoms with E-state index in [-0.39, 0.29) is 81.5 Å². The fourth-order valence-electron chi connectivity index (χ4n) is 0. The third kappa shape index (κ3) is 63900. The van der Waals surface area contributed by atoms with Crippen LogP contribution in [0.2, 0.25) is 0 Å². The minimum atomic E-state index is -1.75. The second-order valence-electron chi connectivity index (χ2n) is 0.224. The van der Waals surface area contributed by atoms with Crippen molar-refractivity contribution in [3.05, 3.63) is 15.3 Å². The van der Waals surface area contributed by atoms with Crippen LogP contribution < -0.4 is 0 Å². The van der Waals surface area contributed by atoms with Crippen LogP contribution in [-0.2, 0) is 0 Å². The Balaban J connectivity index is -0.00000000125. The quantitative estimate of drug-likeness (QED) is 0.228. The van der Waals surface area contributed by atoms with Crippen LogP contribution in [0.5, 0.6) is 0 Å². The zero-order valence-corrected chi connectivity index (χ0v) is 8.59. The van der Waals surface area contributed by atoms with Crippen LogP contribution in [0.25, 0.3) is 0 Å². The molecule has 0 aromatic heterocycles. The van der Waals surface area contributed by atoms with Gasteiger partial charge in [0.2, 0.25) is 0 Å². The van der Waals surface area contributed by atoms with E-state index in [0.29, 0.717) is 0 Å². The van der Waals surface area contributed by atoms with Gasteiger partial charge in [0.1, 0.15) is 0 Å². The minimum absolute atomic E-state index is 0. The van der Waals surface area contributed by atoms with E-state index in [0.717, 1.165) is 0 Å². The van der Waals surface area contributed by atoms with Crippen molar-refractivity contribution in [2.24, 2.45) is 0 Å². The summed E-state index contributed by atoms with van der Waals surface area (Å²) in [6.07, 6.45) is 0. The molecule has 0 amide bonds. The van der Waals surface area contributed by atoms with Crippen molar-refractivity contribution in [1.29, 1.82) is 0 Å². The fourth-order valence-corrected chi connectivity index (χ4v) is 0. The summed E-state index contributed by atoms with van der Waals surface area (Å²) in [4.78, 5) is 8.25.